The van der Waals surface area contributed by atoms with Gasteiger partial charge in [0.25, 0.3) is 0 Å². The highest BCUT2D eigenvalue weighted by molar-refractivity contribution is 5.74. The summed E-state index contributed by atoms with van der Waals surface area (Å²) in [5.74, 6) is 0. The molecule has 1 rings (SSSR count). The second-order valence-electron chi connectivity index (χ2n) is 5.05. The fourth-order valence-corrected chi connectivity index (χ4v) is 2.16. The normalized spacial score (nSPS) is 22.6. The van der Waals surface area contributed by atoms with Gasteiger partial charge < -0.3 is 10.2 Å². The number of urea groups is 1. The van der Waals surface area contributed by atoms with Crippen LogP contribution in [-0.2, 0) is 0 Å². The van der Waals surface area contributed by atoms with E-state index >= 15 is 0 Å². The van der Waals surface area contributed by atoms with Crippen molar-refractivity contribution in [2.75, 3.05) is 13.1 Å². The molecule has 1 fully saturated rings. The maximum absolute atomic E-state index is 11.7. The summed E-state index contributed by atoms with van der Waals surface area (Å²) in [6, 6.07) is 0.499. The lowest BCUT2D eigenvalue weighted by Gasteiger charge is -2.34. The van der Waals surface area contributed by atoms with E-state index in [1.165, 1.54) is 0 Å². The molecule has 0 bridgehead atoms. The Morgan fingerprint density at radius 1 is 1.50 bits per heavy atom. The SMILES string of the molecule is CCNC(=O)N1CCCC1C(C)(C)C. The highest BCUT2D eigenvalue weighted by Crippen LogP contribution is 2.32. The Labute approximate surface area is 86.9 Å². The summed E-state index contributed by atoms with van der Waals surface area (Å²) in [5, 5.41) is 2.88. The number of likely N-dealkylation sites (tertiary alicyclic amines) is 1. The smallest absolute Gasteiger partial charge is 0.317 e. The minimum atomic E-state index is 0.102. The molecule has 3 nitrogen and oxygen atoms in total. The molecule has 0 aliphatic carbocycles. The molecule has 0 radical (unpaired) electrons. The molecule has 1 aliphatic rings. The summed E-state index contributed by atoms with van der Waals surface area (Å²) in [6.07, 6.45) is 2.28. The number of nitrogens with one attached hydrogen (secondary N) is 1. The van der Waals surface area contributed by atoms with E-state index in [9.17, 15) is 4.79 Å². The first-order valence-electron chi connectivity index (χ1n) is 5.51. The zero-order valence-electron chi connectivity index (χ0n) is 9.76. The molecule has 1 N–H and O–H groups in total. The predicted molar refractivity (Wildman–Crippen MR) is 58.3 cm³/mol. The Hall–Kier alpha value is -0.730. The van der Waals surface area contributed by atoms with Crippen molar-refractivity contribution >= 4 is 6.03 Å². The van der Waals surface area contributed by atoms with Gasteiger partial charge in [0.2, 0.25) is 0 Å². The lowest BCUT2D eigenvalue weighted by molar-refractivity contribution is 0.146. The van der Waals surface area contributed by atoms with Crippen LogP contribution in [0.3, 0.4) is 0 Å². The van der Waals surface area contributed by atoms with Gasteiger partial charge in [-0.05, 0) is 25.2 Å². The van der Waals surface area contributed by atoms with Crippen molar-refractivity contribution in [3.05, 3.63) is 0 Å². The third-order valence-electron chi connectivity index (χ3n) is 2.84. The molecule has 82 valence electrons. The highest BCUT2D eigenvalue weighted by atomic mass is 16.2. The monoisotopic (exact) mass is 198 g/mol. The summed E-state index contributed by atoms with van der Waals surface area (Å²) in [6.45, 7) is 10.2. The van der Waals surface area contributed by atoms with Crippen molar-refractivity contribution < 1.29 is 4.79 Å². The average molecular weight is 198 g/mol. The molecule has 0 spiro atoms. The highest BCUT2D eigenvalue weighted by Gasteiger charge is 2.36. The van der Waals surface area contributed by atoms with E-state index < -0.39 is 0 Å². The third kappa shape index (κ3) is 2.40. The fourth-order valence-electron chi connectivity index (χ4n) is 2.16. The number of carbonyl (C=O) groups excluding carboxylic acids is 1. The molecule has 0 aromatic carbocycles. The van der Waals surface area contributed by atoms with E-state index in [0.29, 0.717) is 12.6 Å². The maximum Gasteiger partial charge on any atom is 0.317 e. The molecule has 1 saturated heterocycles. The molecule has 2 amide bonds. The van der Waals surface area contributed by atoms with Crippen LogP contribution in [-0.4, -0.2) is 30.1 Å². The first kappa shape index (κ1) is 11.3. The Balaban J connectivity index is 2.64. The molecule has 1 unspecified atom stereocenters. The van der Waals surface area contributed by atoms with Gasteiger partial charge in [0, 0.05) is 19.1 Å². The third-order valence-corrected chi connectivity index (χ3v) is 2.84. The molecule has 0 aromatic heterocycles. The van der Waals surface area contributed by atoms with Crippen LogP contribution in [0.15, 0.2) is 0 Å². The van der Waals surface area contributed by atoms with Crippen molar-refractivity contribution in [3.8, 4) is 0 Å². The van der Waals surface area contributed by atoms with Crippen molar-refractivity contribution in [3.63, 3.8) is 0 Å². The Morgan fingerprint density at radius 2 is 2.14 bits per heavy atom. The number of rotatable bonds is 1. The topological polar surface area (TPSA) is 32.3 Å². The van der Waals surface area contributed by atoms with Gasteiger partial charge in [-0.3, -0.25) is 0 Å². The Morgan fingerprint density at radius 3 is 2.64 bits per heavy atom. The van der Waals surface area contributed by atoms with E-state index in [-0.39, 0.29) is 11.4 Å². The van der Waals surface area contributed by atoms with Crippen LogP contribution in [0.2, 0.25) is 0 Å². The predicted octanol–water partition coefficient (Wildman–Crippen LogP) is 2.23. The zero-order valence-corrected chi connectivity index (χ0v) is 9.76. The van der Waals surface area contributed by atoms with Gasteiger partial charge in [-0.25, -0.2) is 4.79 Å². The summed E-state index contributed by atoms with van der Waals surface area (Å²) in [4.78, 5) is 13.7. The summed E-state index contributed by atoms with van der Waals surface area (Å²) in [7, 11) is 0. The number of hydrogen-bond acceptors (Lipinski definition) is 1. The van der Waals surface area contributed by atoms with E-state index in [4.69, 9.17) is 0 Å². The van der Waals surface area contributed by atoms with Gasteiger partial charge in [-0.2, -0.15) is 0 Å². The van der Waals surface area contributed by atoms with Crippen molar-refractivity contribution in [2.24, 2.45) is 5.41 Å². The molecular weight excluding hydrogens is 176 g/mol. The van der Waals surface area contributed by atoms with Gasteiger partial charge >= 0.3 is 6.03 Å². The number of carbonyl (C=O) groups is 1. The fraction of sp³-hybridized carbons (Fsp3) is 0.909. The van der Waals surface area contributed by atoms with E-state index in [1.54, 1.807) is 0 Å². The molecule has 3 heteroatoms. The molecule has 0 aromatic rings. The first-order valence-corrected chi connectivity index (χ1v) is 5.51. The Bertz CT molecular complexity index is 208. The average Bonchev–Trinajstić information content (AvgIpc) is 2.50. The van der Waals surface area contributed by atoms with Crippen LogP contribution in [0.5, 0.6) is 0 Å². The Kier molecular flexibility index (Phi) is 3.40. The largest absolute Gasteiger partial charge is 0.338 e. The number of hydrogen-bond donors (Lipinski definition) is 1. The van der Waals surface area contributed by atoms with Gasteiger partial charge in [0.1, 0.15) is 0 Å². The minimum Gasteiger partial charge on any atom is -0.338 e. The van der Waals surface area contributed by atoms with Crippen molar-refractivity contribution in [1.29, 1.82) is 0 Å². The van der Waals surface area contributed by atoms with Crippen molar-refractivity contribution in [1.82, 2.24) is 10.2 Å². The van der Waals surface area contributed by atoms with Crippen LogP contribution >= 0.6 is 0 Å². The van der Waals surface area contributed by atoms with Crippen LogP contribution in [0.4, 0.5) is 4.79 Å². The summed E-state index contributed by atoms with van der Waals surface area (Å²) < 4.78 is 0. The van der Waals surface area contributed by atoms with Gasteiger partial charge in [0.15, 0.2) is 0 Å². The number of nitrogens with zero attached hydrogens (tertiary/aromatic N) is 1. The lowest BCUT2D eigenvalue weighted by atomic mass is 9.85. The lowest BCUT2D eigenvalue weighted by Crippen LogP contribution is -2.47. The van der Waals surface area contributed by atoms with Gasteiger partial charge in [0.05, 0.1) is 0 Å². The second kappa shape index (κ2) is 4.20. The molecule has 14 heavy (non-hydrogen) atoms. The molecule has 1 heterocycles. The van der Waals surface area contributed by atoms with E-state index in [0.717, 1.165) is 19.4 Å². The second-order valence-corrected chi connectivity index (χ2v) is 5.05. The van der Waals surface area contributed by atoms with Crippen LogP contribution < -0.4 is 5.32 Å². The molecular formula is C11H22N2O. The summed E-state index contributed by atoms with van der Waals surface area (Å²) >= 11 is 0. The molecule has 1 atom stereocenters. The van der Waals surface area contributed by atoms with Crippen LogP contribution in [0, 0.1) is 5.41 Å². The maximum atomic E-state index is 11.7. The van der Waals surface area contributed by atoms with Crippen LogP contribution in [0.1, 0.15) is 40.5 Å². The van der Waals surface area contributed by atoms with E-state index in [2.05, 4.69) is 26.1 Å². The van der Waals surface area contributed by atoms with Gasteiger partial charge in [-0.1, -0.05) is 20.8 Å². The molecule has 1 aliphatic heterocycles. The number of amides is 2. The summed E-state index contributed by atoms with van der Waals surface area (Å²) in [5.41, 5.74) is 0.196. The van der Waals surface area contributed by atoms with Crippen molar-refractivity contribution in [2.45, 2.75) is 46.6 Å². The quantitative estimate of drug-likeness (QED) is 0.688. The zero-order chi connectivity index (χ0) is 10.8. The first-order chi connectivity index (χ1) is 6.46. The van der Waals surface area contributed by atoms with Crippen LogP contribution in [0.25, 0.3) is 0 Å². The van der Waals surface area contributed by atoms with E-state index in [1.807, 2.05) is 11.8 Å². The minimum absolute atomic E-state index is 0.102. The molecule has 0 saturated carbocycles. The standard InChI is InChI=1S/C11H22N2O/c1-5-12-10(14)13-8-6-7-9(13)11(2,3)4/h9H,5-8H2,1-4H3,(H,12,14). The van der Waals surface area contributed by atoms with Gasteiger partial charge in [-0.15, -0.1) is 0 Å².